The highest BCUT2D eigenvalue weighted by molar-refractivity contribution is 5.75. The van der Waals surface area contributed by atoms with Gasteiger partial charge in [0.05, 0.1) is 11.4 Å². The topological polar surface area (TPSA) is 24.1 Å². The first kappa shape index (κ1) is 16.2. The van der Waals surface area contributed by atoms with E-state index in [2.05, 4.69) is 48.7 Å². The van der Waals surface area contributed by atoms with Crippen molar-refractivity contribution in [1.29, 1.82) is 0 Å². The molecule has 2 nitrogen and oxygen atoms in total. The van der Waals surface area contributed by atoms with Gasteiger partial charge < -0.3 is 10.6 Å². The van der Waals surface area contributed by atoms with Gasteiger partial charge in [-0.3, -0.25) is 0 Å². The van der Waals surface area contributed by atoms with Gasteiger partial charge in [-0.2, -0.15) is 0 Å². The molecule has 2 N–H and O–H groups in total. The molecule has 118 valence electrons. The van der Waals surface area contributed by atoms with Gasteiger partial charge in [-0.1, -0.05) is 64.5 Å². The van der Waals surface area contributed by atoms with Crippen LogP contribution in [0.1, 0.15) is 78.1 Å². The molecule has 0 fully saturated rings. The van der Waals surface area contributed by atoms with Gasteiger partial charge in [-0.25, -0.2) is 0 Å². The van der Waals surface area contributed by atoms with Crippen LogP contribution in [0.3, 0.4) is 0 Å². The number of nitrogens with one attached hydrogen (secondary N) is 2. The van der Waals surface area contributed by atoms with Crippen LogP contribution in [-0.2, 0) is 0 Å². The van der Waals surface area contributed by atoms with Crippen molar-refractivity contribution >= 4 is 11.4 Å². The van der Waals surface area contributed by atoms with Crippen LogP contribution in [0.15, 0.2) is 24.3 Å². The smallest absolute Gasteiger partial charge is 0.108 e. The molecule has 0 saturated heterocycles. The molecule has 0 spiro atoms. The van der Waals surface area contributed by atoms with Crippen molar-refractivity contribution < 1.29 is 0 Å². The normalized spacial score (nSPS) is 15.3. The van der Waals surface area contributed by atoms with Gasteiger partial charge in [0, 0.05) is 0 Å². The highest BCUT2D eigenvalue weighted by atomic mass is 15.3. The first-order valence-electron chi connectivity index (χ1n) is 8.95. The molecule has 0 aliphatic carbocycles. The molecule has 1 aliphatic rings. The Balaban J connectivity index is 1.92. The molecular weight excluding hydrogens is 256 g/mol. The van der Waals surface area contributed by atoms with Gasteiger partial charge in [0.25, 0.3) is 0 Å². The maximum Gasteiger partial charge on any atom is 0.108 e. The van der Waals surface area contributed by atoms with Crippen molar-refractivity contribution in [2.24, 2.45) is 0 Å². The average molecular weight is 288 g/mol. The van der Waals surface area contributed by atoms with Crippen LogP contribution in [0, 0.1) is 0 Å². The van der Waals surface area contributed by atoms with Crippen molar-refractivity contribution in [2.75, 3.05) is 10.6 Å². The minimum Gasteiger partial charge on any atom is -0.361 e. The molecule has 1 heterocycles. The number of para-hydroxylation sites is 2. The molecule has 21 heavy (non-hydrogen) atoms. The number of rotatable bonds is 10. The Bertz CT molecular complexity index is 375. The van der Waals surface area contributed by atoms with E-state index in [4.69, 9.17) is 0 Å². The second kappa shape index (κ2) is 8.31. The van der Waals surface area contributed by atoms with E-state index in [-0.39, 0.29) is 5.66 Å². The van der Waals surface area contributed by atoms with Crippen LogP contribution in [0.5, 0.6) is 0 Å². The largest absolute Gasteiger partial charge is 0.361 e. The Morgan fingerprint density at radius 3 is 1.62 bits per heavy atom. The zero-order valence-corrected chi connectivity index (χ0v) is 13.9. The Kier molecular flexibility index (Phi) is 6.41. The zero-order chi connectivity index (χ0) is 15.0. The van der Waals surface area contributed by atoms with Gasteiger partial charge in [-0.15, -0.1) is 0 Å². The lowest BCUT2D eigenvalue weighted by Crippen LogP contribution is -2.41. The number of unbranched alkanes of at least 4 members (excludes halogenated alkanes) is 6. The molecule has 2 heteroatoms. The molecule has 0 amide bonds. The predicted octanol–water partition coefficient (Wildman–Crippen LogP) is 6.16. The zero-order valence-electron chi connectivity index (χ0n) is 13.9. The summed E-state index contributed by atoms with van der Waals surface area (Å²) in [4.78, 5) is 0. The molecule has 1 aliphatic heterocycles. The van der Waals surface area contributed by atoms with E-state index < -0.39 is 0 Å². The highest BCUT2D eigenvalue weighted by Crippen LogP contribution is 2.39. The average Bonchev–Trinajstić information content (AvgIpc) is 2.87. The maximum atomic E-state index is 3.79. The summed E-state index contributed by atoms with van der Waals surface area (Å²) in [6.45, 7) is 4.56. The summed E-state index contributed by atoms with van der Waals surface area (Å²) in [6.07, 6.45) is 13.1. The van der Waals surface area contributed by atoms with Gasteiger partial charge in [0.15, 0.2) is 0 Å². The minimum atomic E-state index is 0.102. The summed E-state index contributed by atoms with van der Waals surface area (Å²) in [6, 6.07) is 8.64. The van der Waals surface area contributed by atoms with E-state index in [1.54, 1.807) is 0 Å². The molecule has 1 aromatic carbocycles. The first-order chi connectivity index (χ1) is 10.3. The quantitative estimate of drug-likeness (QED) is 0.504. The Hall–Kier alpha value is -1.18. The predicted molar refractivity (Wildman–Crippen MR) is 93.9 cm³/mol. The third-order valence-electron chi connectivity index (χ3n) is 4.59. The second-order valence-electron chi connectivity index (χ2n) is 6.50. The van der Waals surface area contributed by atoms with E-state index in [0.717, 1.165) is 0 Å². The third-order valence-corrected chi connectivity index (χ3v) is 4.59. The second-order valence-corrected chi connectivity index (χ2v) is 6.50. The lowest BCUT2D eigenvalue weighted by atomic mass is 9.95. The van der Waals surface area contributed by atoms with Gasteiger partial charge in [0.1, 0.15) is 5.66 Å². The van der Waals surface area contributed by atoms with Crippen LogP contribution >= 0.6 is 0 Å². The van der Waals surface area contributed by atoms with Gasteiger partial charge in [-0.05, 0) is 37.8 Å². The number of hydrogen-bond acceptors (Lipinski definition) is 2. The van der Waals surface area contributed by atoms with E-state index in [0.29, 0.717) is 0 Å². The number of benzene rings is 1. The Labute approximate surface area is 130 Å². The lowest BCUT2D eigenvalue weighted by molar-refractivity contribution is 0.415. The number of fused-ring (bicyclic) bond motifs is 1. The van der Waals surface area contributed by atoms with Crippen molar-refractivity contribution in [2.45, 2.75) is 83.7 Å². The monoisotopic (exact) mass is 288 g/mol. The summed E-state index contributed by atoms with van der Waals surface area (Å²) < 4.78 is 0. The van der Waals surface area contributed by atoms with Crippen LogP contribution in [0.4, 0.5) is 11.4 Å². The molecular formula is C19H32N2. The molecule has 0 radical (unpaired) electrons. The van der Waals surface area contributed by atoms with Gasteiger partial charge in [0.2, 0.25) is 0 Å². The SMILES string of the molecule is CCCCCCC1(CCCCCC)Nc2ccccc2N1. The van der Waals surface area contributed by atoms with Crippen molar-refractivity contribution in [1.82, 2.24) is 0 Å². The Morgan fingerprint density at radius 2 is 1.19 bits per heavy atom. The van der Waals surface area contributed by atoms with Crippen LogP contribution in [-0.4, -0.2) is 5.66 Å². The maximum absolute atomic E-state index is 3.79. The molecule has 0 bridgehead atoms. The molecule has 2 rings (SSSR count). The van der Waals surface area contributed by atoms with Crippen molar-refractivity contribution in [3.63, 3.8) is 0 Å². The summed E-state index contributed by atoms with van der Waals surface area (Å²) in [5.74, 6) is 0. The van der Waals surface area contributed by atoms with E-state index in [1.807, 2.05) is 0 Å². The molecule has 0 aromatic heterocycles. The molecule has 0 unspecified atom stereocenters. The molecule has 1 aromatic rings. The van der Waals surface area contributed by atoms with E-state index in [1.165, 1.54) is 75.6 Å². The minimum absolute atomic E-state index is 0.102. The first-order valence-corrected chi connectivity index (χ1v) is 8.95. The number of anilines is 2. The van der Waals surface area contributed by atoms with Crippen molar-refractivity contribution in [3.05, 3.63) is 24.3 Å². The summed E-state index contributed by atoms with van der Waals surface area (Å²) in [5.41, 5.74) is 2.66. The fraction of sp³-hybridized carbons (Fsp3) is 0.684. The lowest BCUT2D eigenvalue weighted by Gasteiger charge is -2.31. The highest BCUT2D eigenvalue weighted by Gasteiger charge is 2.34. The molecule has 0 saturated carbocycles. The molecule has 0 atom stereocenters. The fourth-order valence-electron chi connectivity index (χ4n) is 3.33. The summed E-state index contributed by atoms with van der Waals surface area (Å²) in [5, 5.41) is 7.58. The van der Waals surface area contributed by atoms with Crippen LogP contribution in [0.25, 0.3) is 0 Å². The summed E-state index contributed by atoms with van der Waals surface area (Å²) in [7, 11) is 0. The van der Waals surface area contributed by atoms with E-state index in [9.17, 15) is 0 Å². The third kappa shape index (κ3) is 4.66. The standard InChI is InChI=1S/C19H32N2/c1-3-5-7-11-15-19(16-12-8-6-4-2)20-17-13-9-10-14-18(17)21-19/h9-10,13-14,20-21H,3-8,11-12,15-16H2,1-2H3. The van der Waals surface area contributed by atoms with Crippen molar-refractivity contribution in [3.8, 4) is 0 Å². The van der Waals surface area contributed by atoms with E-state index >= 15 is 0 Å². The van der Waals surface area contributed by atoms with Crippen LogP contribution in [0.2, 0.25) is 0 Å². The van der Waals surface area contributed by atoms with Crippen LogP contribution < -0.4 is 10.6 Å². The Morgan fingerprint density at radius 1 is 0.714 bits per heavy atom. The van der Waals surface area contributed by atoms with Gasteiger partial charge >= 0.3 is 0 Å². The number of hydrogen-bond donors (Lipinski definition) is 2. The summed E-state index contributed by atoms with van der Waals surface area (Å²) >= 11 is 0. The fourth-order valence-corrected chi connectivity index (χ4v) is 3.33.